The van der Waals surface area contributed by atoms with Crippen LogP contribution in [-0.2, 0) is 4.79 Å². The van der Waals surface area contributed by atoms with E-state index in [1.807, 2.05) is 0 Å². The molecule has 2 heterocycles. The molecule has 2 bridgehead atoms. The first-order valence-electron chi connectivity index (χ1n) is 4.48. The molecule has 0 spiro atoms. The summed E-state index contributed by atoms with van der Waals surface area (Å²) in [6, 6.07) is -1.77. The van der Waals surface area contributed by atoms with Gasteiger partial charge in [0.25, 0.3) is 0 Å². The third kappa shape index (κ3) is 0.964. The third-order valence-electron chi connectivity index (χ3n) is 3.11. The van der Waals surface area contributed by atoms with Crippen molar-refractivity contribution in [3.05, 3.63) is 0 Å². The maximum absolute atomic E-state index is 11.2. The Morgan fingerprint density at radius 3 is 1.36 bits per heavy atom. The van der Waals surface area contributed by atoms with E-state index in [1.165, 1.54) is 6.92 Å². The van der Waals surface area contributed by atoms with Crippen molar-refractivity contribution in [3.8, 4) is 0 Å². The Kier molecular flexibility index (Phi) is 2.04. The van der Waals surface area contributed by atoms with Crippen LogP contribution in [0.1, 0.15) is 6.92 Å². The van der Waals surface area contributed by atoms with Gasteiger partial charge in [0.05, 0.1) is 12.1 Å². The summed E-state index contributed by atoms with van der Waals surface area (Å²) in [4.78, 5) is 12.3. The molecule has 2 rings (SSSR count). The number of carbonyl (C=O) groups excluding carboxylic acids is 1. The second kappa shape index (κ2) is 2.90. The molecule has 2 unspecified atom stereocenters. The summed E-state index contributed by atoms with van der Waals surface area (Å²) in [6.07, 6.45) is -4.71. The normalized spacial score (nSPS) is 51.4. The van der Waals surface area contributed by atoms with Gasteiger partial charge in [0.1, 0.15) is 24.4 Å². The van der Waals surface area contributed by atoms with Crippen LogP contribution in [0.5, 0.6) is 0 Å². The van der Waals surface area contributed by atoms with Crippen LogP contribution in [0.2, 0.25) is 0 Å². The molecule has 0 radical (unpaired) electrons. The summed E-state index contributed by atoms with van der Waals surface area (Å²) in [7, 11) is 0. The highest BCUT2D eigenvalue weighted by atomic mass is 16.4. The molecule has 4 N–H and O–H groups in total. The van der Waals surface area contributed by atoms with Gasteiger partial charge in [-0.25, -0.2) is 0 Å². The Balaban J connectivity index is 2.35. The fourth-order valence-corrected chi connectivity index (χ4v) is 2.49. The lowest BCUT2D eigenvalue weighted by Gasteiger charge is -2.27. The van der Waals surface area contributed by atoms with Gasteiger partial charge in [-0.3, -0.25) is 4.79 Å². The molecule has 6 nitrogen and oxygen atoms in total. The summed E-state index contributed by atoms with van der Waals surface area (Å²) in [5.41, 5.74) is 0. The highest BCUT2D eigenvalue weighted by molar-refractivity contribution is 5.75. The lowest BCUT2D eigenvalue weighted by molar-refractivity contribution is -0.131. The Morgan fingerprint density at radius 1 is 0.929 bits per heavy atom. The zero-order valence-electron chi connectivity index (χ0n) is 7.61. The van der Waals surface area contributed by atoms with E-state index in [2.05, 4.69) is 0 Å². The molecule has 2 aliphatic rings. The zero-order chi connectivity index (χ0) is 10.6. The molecule has 2 saturated heterocycles. The van der Waals surface area contributed by atoms with Gasteiger partial charge in [-0.15, -0.1) is 0 Å². The van der Waals surface area contributed by atoms with E-state index < -0.39 is 36.5 Å². The van der Waals surface area contributed by atoms with E-state index in [-0.39, 0.29) is 5.91 Å². The number of fused-ring (bicyclic) bond motifs is 2. The molecular formula is C8H13NO5. The van der Waals surface area contributed by atoms with Crippen molar-refractivity contribution in [2.24, 2.45) is 0 Å². The minimum atomic E-state index is -1.18. The number of hydrogen-bond donors (Lipinski definition) is 4. The van der Waals surface area contributed by atoms with Crippen LogP contribution in [0.25, 0.3) is 0 Å². The number of hydrogen-bond acceptors (Lipinski definition) is 5. The monoisotopic (exact) mass is 203 g/mol. The SMILES string of the molecule is CC(=O)N1C2[C@@H](O)[C@@H](O)C1[C@@H](O)[C@H]2O. The Labute approximate surface area is 80.4 Å². The van der Waals surface area contributed by atoms with E-state index in [4.69, 9.17) is 0 Å². The summed E-state index contributed by atoms with van der Waals surface area (Å²) < 4.78 is 0. The van der Waals surface area contributed by atoms with Gasteiger partial charge in [-0.2, -0.15) is 0 Å². The summed E-state index contributed by atoms with van der Waals surface area (Å²) in [5.74, 6) is -0.369. The van der Waals surface area contributed by atoms with Crippen LogP contribution in [0.15, 0.2) is 0 Å². The van der Waals surface area contributed by atoms with Gasteiger partial charge in [0.2, 0.25) is 5.91 Å². The molecule has 14 heavy (non-hydrogen) atoms. The molecule has 6 heteroatoms. The minimum Gasteiger partial charge on any atom is -0.388 e. The van der Waals surface area contributed by atoms with Crippen LogP contribution >= 0.6 is 0 Å². The van der Waals surface area contributed by atoms with Crippen LogP contribution in [-0.4, -0.2) is 67.7 Å². The number of rotatable bonds is 0. The van der Waals surface area contributed by atoms with Crippen molar-refractivity contribution >= 4 is 5.91 Å². The second-order valence-electron chi connectivity index (χ2n) is 3.87. The number of carbonyl (C=O) groups is 1. The molecule has 80 valence electrons. The lowest BCUT2D eigenvalue weighted by Crippen LogP contribution is -2.52. The first-order chi connectivity index (χ1) is 6.46. The van der Waals surface area contributed by atoms with Crippen LogP contribution in [0.4, 0.5) is 0 Å². The first-order valence-corrected chi connectivity index (χ1v) is 4.48. The summed E-state index contributed by atoms with van der Waals surface area (Å²) >= 11 is 0. The van der Waals surface area contributed by atoms with Crippen molar-refractivity contribution in [1.29, 1.82) is 0 Å². The number of amides is 1. The average molecular weight is 203 g/mol. The molecule has 1 amide bonds. The molecule has 2 fully saturated rings. The molecular weight excluding hydrogens is 190 g/mol. The van der Waals surface area contributed by atoms with Crippen molar-refractivity contribution in [2.45, 2.75) is 43.4 Å². The second-order valence-corrected chi connectivity index (χ2v) is 3.87. The first kappa shape index (κ1) is 9.85. The van der Waals surface area contributed by atoms with E-state index in [0.29, 0.717) is 0 Å². The molecule has 6 atom stereocenters. The molecule has 0 aromatic carbocycles. The maximum atomic E-state index is 11.2. The highest BCUT2D eigenvalue weighted by Gasteiger charge is 2.62. The number of aliphatic hydroxyl groups excluding tert-OH is 4. The fraction of sp³-hybridized carbons (Fsp3) is 0.875. The quantitative estimate of drug-likeness (QED) is 0.337. The molecule has 0 aromatic rings. The van der Waals surface area contributed by atoms with Crippen molar-refractivity contribution in [3.63, 3.8) is 0 Å². The number of aliphatic hydroxyl groups is 4. The smallest absolute Gasteiger partial charge is 0.220 e. The van der Waals surface area contributed by atoms with E-state index in [0.717, 1.165) is 4.90 Å². The van der Waals surface area contributed by atoms with Gasteiger partial charge in [-0.05, 0) is 0 Å². The zero-order valence-corrected chi connectivity index (χ0v) is 7.61. The van der Waals surface area contributed by atoms with Gasteiger partial charge in [-0.1, -0.05) is 0 Å². The molecule has 0 aliphatic carbocycles. The number of nitrogens with zero attached hydrogens (tertiary/aromatic N) is 1. The van der Waals surface area contributed by atoms with E-state index >= 15 is 0 Å². The fourth-order valence-electron chi connectivity index (χ4n) is 2.49. The Hall–Kier alpha value is -0.690. The maximum Gasteiger partial charge on any atom is 0.220 e. The van der Waals surface area contributed by atoms with Crippen LogP contribution in [0.3, 0.4) is 0 Å². The minimum absolute atomic E-state index is 0.369. The van der Waals surface area contributed by atoms with Gasteiger partial charge in [0, 0.05) is 6.92 Å². The molecule has 0 saturated carbocycles. The largest absolute Gasteiger partial charge is 0.388 e. The Bertz CT molecular complexity index is 234. The predicted molar refractivity (Wildman–Crippen MR) is 44.1 cm³/mol. The van der Waals surface area contributed by atoms with Crippen molar-refractivity contribution in [2.75, 3.05) is 0 Å². The van der Waals surface area contributed by atoms with E-state index in [1.54, 1.807) is 0 Å². The van der Waals surface area contributed by atoms with Crippen LogP contribution < -0.4 is 0 Å². The van der Waals surface area contributed by atoms with Gasteiger partial charge < -0.3 is 25.3 Å². The standard InChI is InChI=1S/C8H13NO5/c1-2(10)9-3-5(11)7(13)4(9)8(14)6(3)12/h3-8,11-14H,1H3/t3?,4?,5-,6+,7+,8-. The highest BCUT2D eigenvalue weighted by Crippen LogP contribution is 2.38. The summed E-state index contributed by atoms with van der Waals surface area (Å²) in [6.45, 7) is 1.27. The van der Waals surface area contributed by atoms with Crippen molar-refractivity contribution in [1.82, 2.24) is 4.90 Å². The molecule has 0 aromatic heterocycles. The van der Waals surface area contributed by atoms with Crippen LogP contribution in [0, 0.1) is 0 Å². The van der Waals surface area contributed by atoms with Gasteiger partial charge in [0.15, 0.2) is 0 Å². The molecule has 2 aliphatic heterocycles. The van der Waals surface area contributed by atoms with E-state index in [9.17, 15) is 25.2 Å². The third-order valence-corrected chi connectivity index (χ3v) is 3.11. The average Bonchev–Trinajstić information content (AvgIpc) is 2.50. The topological polar surface area (TPSA) is 101 Å². The van der Waals surface area contributed by atoms with Crippen molar-refractivity contribution < 1.29 is 25.2 Å². The predicted octanol–water partition coefficient (Wildman–Crippen LogP) is -2.96. The summed E-state index contributed by atoms with van der Waals surface area (Å²) in [5, 5.41) is 37.9. The Morgan fingerprint density at radius 2 is 1.21 bits per heavy atom. The lowest BCUT2D eigenvalue weighted by atomic mass is 9.90. The van der Waals surface area contributed by atoms with Gasteiger partial charge >= 0.3 is 0 Å².